The summed E-state index contributed by atoms with van der Waals surface area (Å²) in [4.78, 5) is 0. The van der Waals surface area contributed by atoms with Crippen molar-refractivity contribution in [1.29, 1.82) is 0 Å². The highest BCUT2D eigenvalue weighted by molar-refractivity contribution is 9.10. The molecule has 1 heterocycles. The number of rotatable bonds is 4. The maximum atomic E-state index is 5.21. The van der Waals surface area contributed by atoms with Crippen LogP contribution in [0.3, 0.4) is 0 Å². The molecule has 1 aromatic heterocycles. The van der Waals surface area contributed by atoms with Crippen LogP contribution in [0.15, 0.2) is 69.3 Å². The van der Waals surface area contributed by atoms with Crippen LogP contribution in [0.4, 0.5) is 0 Å². The molecule has 120 valence electrons. The second-order valence-electron chi connectivity index (χ2n) is 5.07. The van der Waals surface area contributed by atoms with Gasteiger partial charge in [0.2, 0.25) is 5.96 Å². The number of halogens is 1. The van der Waals surface area contributed by atoms with Gasteiger partial charge < -0.3 is 11.5 Å². The Labute approximate surface area is 147 Å². The van der Waals surface area contributed by atoms with Gasteiger partial charge in [-0.15, -0.1) is 5.10 Å². The number of aromatic nitrogens is 2. The third kappa shape index (κ3) is 3.88. The van der Waals surface area contributed by atoms with E-state index < -0.39 is 0 Å². The van der Waals surface area contributed by atoms with Crippen molar-refractivity contribution in [3.05, 3.63) is 64.6 Å². The van der Waals surface area contributed by atoms with Crippen molar-refractivity contribution in [1.82, 2.24) is 10.2 Å². The lowest BCUT2D eigenvalue weighted by Gasteiger charge is -1.97. The van der Waals surface area contributed by atoms with E-state index in [1.165, 1.54) is 0 Å². The van der Waals surface area contributed by atoms with Gasteiger partial charge in [-0.2, -0.15) is 10.2 Å². The molecule has 0 atom stereocenters. The minimum Gasteiger partial charge on any atom is -0.369 e. The summed E-state index contributed by atoms with van der Waals surface area (Å²) in [5, 5.41) is 14.8. The van der Waals surface area contributed by atoms with Crippen molar-refractivity contribution in [2.24, 2.45) is 21.7 Å². The molecular formula is C17H15BrN6. The molecule has 3 aromatic rings. The molecule has 7 heteroatoms. The van der Waals surface area contributed by atoms with Crippen molar-refractivity contribution >= 4 is 28.1 Å². The summed E-state index contributed by atoms with van der Waals surface area (Å²) in [6, 6.07) is 17.9. The van der Waals surface area contributed by atoms with Gasteiger partial charge in [-0.25, -0.2) is 0 Å². The van der Waals surface area contributed by atoms with Gasteiger partial charge in [0.1, 0.15) is 0 Å². The number of hydrogen-bond acceptors (Lipinski definition) is 3. The Morgan fingerprint density at radius 2 is 1.67 bits per heavy atom. The van der Waals surface area contributed by atoms with Gasteiger partial charge in [0.15, 0.2) is 0 Å². The minimum atomic E-state index is -0.0696. The van der Waals surface area contributed by atoms with Gasteiger partial charge in [0.05, 0.1) is 17.6 Å². The Bertz CT molecular complexity index is 874. The lowest BCUT2D eigenvalue weighted by molar-refractivity contribution is 1.10. The predicted octanol–water partition coefficient (Wildman–Crippen LogP) is 3.11. The van der Waals surface area contributed by atoms with Crippen LogP contribution in [-0.4, -0.2) is 22.4 Å². The molecule has 0 aliphatic rings. The van der Waals surface area contributed by atoms with Gasteiger partial charge >= 0.3 is 0 Å². The van der Waals surface area contributed by atoms with Gasteiger partial charge in [0.25, 0.3) is 0 Å². The molecule has 0 radical (unpaired) electrons. The Hall–Kier alpha value is -2.93. The summed E-state index contributed by atoms with van der Waals surface area (Å²) in [7, 11) is 0. The smallest absolute Gasteiger partial charge is 0.211 e. The van der Waals surface area contributed by atoms with Gasteiger partial charge in [-0.1, -0.05) is 52.3 Å². The molecule has 0 saturated carbocycles. The summed E-state index contributed by atoms with van der Waals surface area (Å²) in [5.74, 6) is -0.0696. The molecule has 5 N–H and O–H groups in total. The van der Waals surface area contributed by atoms with Crippen LogP contribution >= 0.6 is 15.9 Å². The highest BCUT2D eigenvalue weighted by Gasteiger charge is 2.05. The Balaban J connectivity index is 1.79. The van der Waals surface area contributed by atoms with Crippen LogP contribution in [0.25, 0.3) is 22.5 Å². The minimum absolute atomic E-state index is 0.0696. The van der Waals surface area contributed by atoms with Crippen molar-refractivity contribution < 1.29 is 0 Å². The van der Waals surface area contributed by atoms with Crippen LogP contribution in [0.2, 0.25) is 0 Å². The maximum absolute atomic E-state index is 5.21. The number of nitrogens with one attached hydrogen (secondary N) is 1. The van der Waals surface area contributed by atoms with Crippen LogP contribution in [0, 0.1) is 0 Å². The zero-order chi connectivity index (χ0) is 16.9. The highest BCUT2D eigenvalue weighted by atomic mass is 79.9. The third-order valence-electron chi connectivity index (χ3n) is 3.32. The Morgan fingerprint density at radius 1 is 1.00 bits per heavy atom. The van der Waals surface area contributed by atoms with Crippen molar-refractivity contribution in [2.45, 2.75) is 0 Å². The maximum Gasteiger partial charge on any atom is 0.211 e. The van der Waals surface area contributed by atoms with E-state index in [0.717, 1.165) is 32.6 Å². The molecular weight excluding hydrogens is 368 g/mol. The Morgan fingerprint density at radius 3 is 2.33 bits per heavy atom. The quantitative estimate of drug-likeness (QED) is 0.366. The summed E-state index contributed by atoms with van der Waals surface area (Å²) >= 11 is 3.43. The van der Waals surface area contributed by atoms with Gasteiger partial charge in [-0.05, 0) is 29.3 Å². The van der Waals surface area contributed by atoms with Crippen molar-refractivity contribution in [2.75, 3.05) is 0 Å². The molecule has 0 aliphatic carbocycles. The predicted molar refractivity (Wildman–Crippen MR) is 101 cm³/mol. The molecule has 0 aliphatic heterocycles. The molecule has 0 saturated heterocycles. The number of H-pyrrole nitrogens is 1. The third-order valence-corrected chi connectivity index (χ3v) is 3.85. The van der Waals surface area contributed by atoms with E-state index in [4.69, 9.17) is 11.5 Å². The average Bonchev–Trinajstić information content (AvgIpc) is 3.06. The summed E-state index contributed by atoms with van der Waals surface area (Å²) in [5.41, 5.74) is 15.3. The number of guanidine groups is 1. The first-order valence-electron chi connectivity index (χ1n) is 7.15. The van der Waals surface area contributed by atoms with Crippen LogP contribution in [0.5, 0.6) is 0 Å². The second kappa shape index (κ2) is 7.10. The lowest BCUT2D eigenvalue weighted by Crippen LogP contribution is -2.21. The largest absolute Gasteiger partial charge is 0.369 e. The molecule has 3 rings (SSSR count). The first-order chi connectivity index (χ1) is 11.6. The highest BCUT2D eigenvalue weighted by Crippen LogP contribution is 2.25. The number of hydrogen-bond donors (Lipinski definition) is 3. The van der Waals surface area contributed by atoms with Crippen LogP contribution < -0.4 is 11.5 Å². The topological polar surface area (TPSA) is 105 Å². The lowest BCUT2D eigenvalue weighted by atomic mass is 10.1. The number of nitrogens with zero attached hydrogens (tertiary/aromatic N) is 3. The van der Waals surface area contributed by atoms with Crippen molar-refractivity contribution in [3.8, 4) is 22.5 Å². The fourth-order valence-corrected chi connectivity index (χ4v) is 2.41. The van der Waals surface area contributed by atoms with Crippen LogP contribution in [0.1, 0.15) is 5.56 Å². The fraction of sp³-hybridized carbons (Fsp3) is 0. The zero-order valence-corrected chi connectivity index (χ0v) is 14.2. The number of aromatic amines is 1. The van der Waals surface area contributed by atoms with E-state index in [0.29, 0.717) is 0 Å². The first-order valence-corrected chi connectivity index (χ1v) is 7.95. The molecule has 0 unspecified atom stereocenters. The molecule has 0 amide bonds. The summed E-state index contributed by atoms with van der Waals surface area (Å²) in [6.45, 7) is 0. The molecule has 0 spiro atoms. The van der Waals surface area contributed by atoms with E-state index in [2.05, 4.69) is 36.3 Å². The summed E-state index contributed by atoms with van der Waals surface area (Å²) in [6.07, 6.45) is 1.58. The molecule has 6 nitrogen and oxygen atoms in total. The van der Waals surface area contributed by atoms with E-state index in [-0.39, 0.29) is 5.96 Å². The monoisotopic (exact) mass is 382 g/mol. The fourth-order valence-electron chi connectivity index (χ4n) is 2.15. The average molecular weight is 383 g/mol. The van der Waals surface area contributed by atoms with E-state index in [9.17, 15) is 0 Å². The normalized spacial score (nSPS) is 10.9. The van der Waals surface area contributed by atoms with Crippen molar-refractivity contribution in [3.63, 3.8) is 0 Å². The first kappa shape index (κ1) is 15.9. The number of benzene rings is 2. The van der Waals surface area contributed by atoms with E-state index >= 15 is 0 Å². The molecule has 24 heavy (non-hydrogen) atoms. The standard InChI is InChI=1S/C17H15BrN6/c18-14-7-5-13(6-8-14)16-9-15(22-23-16)12-3-1-11(2-4-12)10-21-24-17(19)20/h1-10H,(H,22,23)(H4,19,20,24)/b21-10+. The zero-order valence-electron chi connectivity index (χ0n) is 12.6. The van der Waals surface area contributed by atoms with Gasteiger partial charge in [-0.3, -0.25) is 5.10 Å². The number of nitrogens with two attached hydrogens (primary N) is 2. The second-order valence-corrected chi connectivity index (χ2v) is 5.98. The van der Waals surface area contributed by atoms with Gasteiger partial charge in [0, 0.05) is 10.0 Å². The Kier molecular flexibility index (Phi) is 4.72. The van der Waals surface area contributed by atoms with E-state index in [1.54, 1.807) is 6.21 Å². The molecule has 2 aromatic carbocycles. The van der Waals surface area contributed by atoms with E-state index in [1.807, 2.05) is 54.6 Å². The summed E-state index contributed by atoms with van der Waals surface area (Å²) < 4.78 is 1.05. The van der Waals surface area contributed by atoms with Crippen LogP contribution in [-0.2, 0) is 0 Å². The molecule has 0 bridgehead atoms. The SMILES string of the molecule is NC(N)=N/N=C/c1ccc(-c2cc(-c3ccc(Br)cc3)[nH]n2)cc1. The molecule has 0 fully saturated rings.